The number of nitrogens with one attached hydrogen (secondary N) is 2. The SMILES string of the molecule is Cc1ccc(CN2C(=O)C3CCCCC3N3C(=O)N(CC(=O)Nc4cc(C)cc(C)c4)NC23)cc1. The van der Waals surface area contributed by atoms with Gasteiger partial charge in [0.15, 0.2) is 6.29 Å². The molecule has 8 heteroatoms. The zero-order valence-corrected chi connectivity index (χ0v) is 20.6. The fraction of sp³-hybridized carbons (Fsp3) is 0.444. The maximum atomic E-state index is 13.6. The van der Waals surface area contributed by atoms with E-state index < -0.39 is 6.29 Å². The van der Waals surface area contributed by atoms with E-state index in [9.17, 15) is 14.4 Å². The number of rotatable bonds is 5. The zero-order valence-electron chi connectivity index (χ0n) is 20.6. The van der Waals surface area contributed by atoms with Gasteiger partial charge in [0.2, 0.25) is 11.8 Å². The van der Waals surface area contributed by atoms with Crippen LogP contribution in [0.4, 0.5) is 10.5 Å². The van der Waals surface area contributed by atoms with Crippen molar-refractivity contribution >= 4 is 23.5 Å². The van der Waals surface area contributed by atoms with Gasteiger partial charge in [-0.25, -0.2) is 9.80 Å². The molecule has 2 N–H and O–H groups in total. The quantitative estimate of drug-likeness (QED) is 0.691. The summed E-state index contributed by atoms with van der Waals surface area (Å²) in [6.45, 7) is 6.26. The number of urea groups is 1. The highest BCUT2D eigenvalue weighted by molar-refractivity contribution is 5.95. The summed E-state index contributed by atoms with van der Waals surface area (Å²) in [7, 11) is 0. The van der Waals surface area contributed by atoms with E-state index >= 15 is 0 Å². The first-order chi connectivity index (χ1) is 16.8. The van der Waals surface area contributed by atoms with E-state index in [1.165, 1.54) is 5.01 Å². The first-order valence-electron chi connectivity index (χ1n) is 12.4. The lowest BCUT2D eigenvalue weighted by atomic mass is 9.81. The van der Waals surface area contributed by atoms with E-state index in [4.69, 9.17) is 0 Å². The molecular formula is C27H33N5O3. The van der Waals surface area contributed by atoms with Crippen molar-refractivity contribution in [1.82, 2.24) is 20.2 Å². The van der Waals surface area contributed by atoms with Crippen molar-refractivity contribution < 1.29 is 14.4 Å². The number of nitrogens with zero attached hydrogens (tertiary/aromatic N) is 3. The highest BCUT2D eigenvalue weighted by atomic mass is 16.2. The van der Waals surface area contributed by atoms with Gasteiger partial charge in [-0.2, -0.15) is 5.43 Å². The Balaban J connectivity index is 1.36. The van der Waals surface area contributed by atoms with Gasteiger partial charge in [-0.1, -0.05) is 48.7 Å². The smallest absolute Gasteiger partial charge is 0.324 e. The van der Waals surface area contributed by atoms with Gasteiger partial charge in [0, 0.05) is 18.3 Å². The molecule has 35 heavy (non-hydrogen) atoms. The highest BCUT2D eigenvalue weighted by Crippen LogP contribution is 2.38. The van der Waals surface area contributed by atoms with Gasteiger partial charge in [0.25, 0.3) is 0 Å². The van der Waals surface area contributed by atoms with E-state index in [0.717, 1.165) is 47.9 Å². The molecule has 2 aliphatic heterocycles. The Morgan fingerprint density at radius 2 is 1.66 bits per heavy atom. The standard InChI is InChI=1S/C27H33N5O3/c1-17-8-10-20(11-9-17)15-30-25(34)22-6-4-5-7-23(22)32-26(30)29-31(27(32)35)16-24(33)28-21-13-18(2)12-19(3)14-21/h8-14,22-23,26,29H,4-7,15-16H2,1-3H3,(H,28,33). The Bertz CT molecular complexity index is 1130. The van der Waals surface area contributed by atoms with Crippen molar-refractivity contribution in [2.24, 2.45) is 5.92 Å². The molecule has 184 valence electrons. The van der Waals surface area contributed by atoms with Crippen LogP contribution in [-0.2, 0) is 16.1 Å². The number of amides is 4. The Labute approximate surface area is 206 Å². The second-order valence-corrected chi connectivity index (χ2v) is 10.1. The first kappa shape index (κ1) is 23.4. The van der Waals surface area contributed by atoms with Crippen molar-refractivity contribution in [2.45, 2.75) is 65.3 Å². The minimum atomic E-state index is -0.593. The Morgan fingerprint density at radius 1 is 0.971 bits per heavy atom. The molecule has 3 atom stereocenters. The van der Waals surface area contributed by atoms with Crippen LogP contribution in [0.25, 0.3) is 0 Å². The number of hydrogen-bond donors (Lipinski definition) is 2. The number of aryl methyl sites for hydroxylation is 3. The van der Waals surface area contributed by atoms with Crippen molar-refractivity contribution in [3.05, 3.63) is 64.7 Å². The van der Waals surface area contributed by atoms with E-state index in [-0.39, 0.29) is 36.3 Å². The van der Waals surface area contributed by atoms with Crippen LogP contribution in [0, 0.1) is 26.7 Å². The van der Waals surface area contributed by atoms with Gasteiger partial charge < -0.3 is 10.2 Å². The van der Waals surface area contributed by atoms with Crippen LogP contribution in [0.15, 0.2) is 42.5 Å². The predicted octanol–water partition coefficient (Wildman–Crippen LogP) is 3.68. The molecule has 2 saturated heterocycles. The predicted molar refractivity (Wildman–Crippen MR) is 133 cm³/mol. The Hall–Kier alpha value is -3.39. The van der Waals surface area contributed by atoms with Crippen LogP contribution >= 0.6 is 0 Å². The molecule has 1 saturated carbocycles. The summed E-state index contributed by atoms with van der Waals surface area (Å²) < 4.78 is 0. The average Bonchev–Trinajstić information content (AvgIpc) is 3.13. The second-order valence-electron chi connectivity index (χ2n) is 10.1. The summed E-state index contributed by atoms with van der Waals surface area (Å²) in [6.07, 6.45) is 2.99. The third-order valence-electron chi connectivity index (χ3n) is 7.25. The number of hydrogen-bond acceptors (Lipinski definition) is 4. The van der Waals surface area contributed by atoms with Crippen LogP contribution in [0.5, 0.6) is 0 Å². The highest BCUT2D eigenvalue weighted by Gasteiger charge is 2.54. The third-order valence-corrected chi connectivity index (χ3v) is 7.25. The van der Waals surface area contributed by atoms with E-state index in [2.05, 4.69) is 10.7 Å². The fourth-order valence-corrected chi connectivity index (χ4v) is 5.67. The summed E-state index contributed by atoms with van der Waals surface area (Å²) in [5, 5.41) is 4.26. The number of fused-ring (bicyclic) bond motifs is 3. The number of carbonyl (C=O) groups is 3. The molecule has 5 rings (SSSR count). The number of benzene rings is 2. The van der Waals surface area contributed by atoms with Crippen LogP contribution in [-0.4, -0.2) is 51.5 Å². The molecule has 2 aromatic rings. The summed E-state index contributed by atoms with van der Waals surface area (Å²) in [5.41, 5.74) is 8.17. The third kappa shape index (κ3) is 4.62. The lowest BCUT2D eigenvalue weighted by molar-refractivity contribution is -0.157. The maximum Gasteiger partial charge on any atom is 0.337 e. The molecular weight excluding hydrogens is 442 g/mol. The molecule has 0 bridgehead atoms. The topological polar surface area (TPSA) is 85.0 Å². The Morgan fingerprint density at radius 3 is 2.37 bits per heavy atom. The number of anilines is 1. The van der Waals surface area contributed by atoms with E-state index in [1.807, 2.05) is 63.2 Å². The molecule has 3 aliphatic rings. The fourth-order valence-electron chi connectivity index (χ4n) is 5.67. The van der Waals surface area contributed by atoms with Crippen LogP contribution in [0.3, 0.4) is 0 Å². The lowest BCUT2D eigenvalue weighted by Gasteiger charge is -2.48. The van der Waals surface area contributed by atoms with Gasteiger partial charge >= 0.3 is 6.03 Å². The molecule has 3 unspecified atom stereocenters. The number of carbonyl (C=O) groups excluding carboxylic acids is 3. The second kappa shape index (κ2) is 9.34. The largest absolute Gasteiger partial charge is 0.337 e. The molecule has 0 aromatic heterocycles. The zero-order chi connectivity index (χ0) is 24.7. The van der Waals surface area contributed by atoms with Gasteiger partial charge in [-0.15, -0.1) is 0 Å². The summed E-state index contributed by atoms with van der Waals surface area (Å²) in [4.78, 5) is 43.5. The minimum absolute atomic E-state index is 0.0818. The van der Waals surface area contributed by atoms with Crippen LogP contribution < -0.4 is 10.7 Å². The maximum absolute atomic E-state index is 13.6. The normalized spacial score (nSPS) is 23.9. The molecule has 0 spiro atoms. The molecule has 3 fully saturated rings. The average molecular weight is 476 g/mol. The van der Waals surface area contributed by atoms with Gasteiger partial charge in [0.1, 0.15) is 6.54 Å². The molecule has 2 heterocycles. The van der Waals surface area contributed by atoms with E-state index in [0.29, 0.717) is 12.2 Å². The van der Waals surface area contributed by atoms with Crippen LogP contribution in [0.2, 0.25) is 0 Å². The number of hydrazine groups is 1. The summed E-state index contributed by atoms with van der Waals surface area (Å²) >= 11 is 0. The monoisotopic (exact) mass is 475 g/mol. The van der Waals surface area contributed by atoms with Crippen molar-refractivity contribution in [1.29, 1.82) is 0 Å². The van der Waals surface area contributed by atoms with Gasteiger partial charge in [-0.05, 0) is 62.4 Å². The van der Waals surface area contributed by atoms with Gasteiger partial charge in [0.05, 0.1) is 5.92 Å². The molecule has 2 aromatic carbocycles. The Kier molecular flexibility index (Phi) is 6.23. The lowest BCUT2D eigenvalue weighted by Crippen LogP contribution is -2.65. The van der Waals surface area contributed by atoms with Crippen molar-refractivity contribution in [2.75, 3.05) is 11.9 Å². The van der Waals surface area contributed by atoms with E-state index in [1.54, 1.807) is 9.80 Å². The molecule has 0 radical (unpaired) electrons. The first-order valence-corrected chi connectivity index (χ1v) is 12.4. The molecule has 8 nitrogen and oxygen atoms in total. The minimum Gasteiger partial charge on any atom is -0.324 e. The van der Waals surface area contributed by atoms with Crippen LogP contribution in [0.1, 0.15) is 47.9 Å². The summed E-state index contributed by atoms with van der Waals surface area (Å²) in [5.74, 6) is -0.397. The van der Waals surface area contributed by atoms with Crippen molar-refractivity contribution in [3.8, 4) is 0 Å². The molecule has 4 amide bonds. The summed E-state index contributed by atoms with van der Waals surface area (Å²) in [6, 6.07) is 13.6. The van der Waals surface area contributed by atoms with Gasteiger partial charge in [-0.3, -0.25) is 14.5 Å². The molecule has 1 aliphatic carbocycles. The van der Waals surface area contributed by atoms with Crippen molar-refractivity contribution in [3.63, 3.8) is 0 Å².